The van der Waals surface area contributed by atoms with Gasteiger partial charge in [0.1, 0.15) is 5.15 Å². The van der Waals surface area contributed by atoms with E-state index in [2.05, 4.69) is 4.98 Å². The summed E-state index contributed by atoms with van der Waals surface area (Å²) in [6.45, 7) is 0. The van der Waals surface area contributed by atoms with Gasteiger partial charge in [-0.05, 0) is 24.3 Å². The summed E-state index contributed by atoms with van der Waals surface area (Å²) in [5.74, 6) is 0.368. The molecule has 0 saturated heterocycles. The molecule has 0 bridgehead atoms. The van der Waals surface area contributed by atoms with E-state index in [1.807, 2.05) is 30.3 Å². The van der Waals surface area contributed by atoms with Crippen LogP contribution in [0.25, 0.3) is 0 Å². The number of ketones is 1. The van der Waals surface area contributed by atoms with Crippen LogP contribution in [-0.4, -0.2) is 16.5 Å². The fourth-order valence-electron chi connectivity index (χ4n) is 1.34. The number of aromatic nitrogens is 1. The van der Waals surface area contributed by atoms with Crippen molar-refractivity contribution in [1.29, 1.82) is 0 Å². The summed E-state index contributed by atoms with van der Waals surface area (Å²) in [7, 11) is 0. The number of hydrogen-bond acceptors (Lipinski definition) is 3. The molecule has 0 aliphatic carbocycles. The molecule has 2 rings (SSSR count). The van der Waals surface area contributed by atoms with Gasteiger partial charge in [-0.15, -0.1) is 11.8 Å². The van der Waals surface area contributed by atoms with Crippen LogP contribution in [0, 0.1) is 0 Å². The molecule has 0 fully saturated rings. The molecule has 0 unspecified atom stereocenters. The number of halogens is 1. The third-order valence-corrected chi connectivity index (χ3v) is 3.49. The number of thioether (sulfide) groups is 1. The first-order valence-electron chi connectivity index (χ1n) is 5.09. The van der Waals surface area contributed by atoms with E-state index in [0.717, 1.165) is 4.90 Å². The number of benzene rings is 1. The number of carbonyl (C=O) groups excluding carboxylic acids is 1. The minimum absolute atomic E-state index is 0.00282. The van der Waals surface area contributed by atoms with Crippen LogP contribution in [0.1, 0.15) is 10.4 Å². The van der Waals surface area contributed by atoms with Crippen molar-refractivity contribution in [3.8, 4) is 0 Å². The summed E-state index contributed by atoms with van der Waals surface area (Å²) in [6.07, 6.45) is 1.57. The van der Waals surface area contributed by atoms with Gasteiger partial charge in [-0.2, -0.15) is 0 Å². The Morgan fingerprint density at radius 3 is 2.65 bits per heavy atom. The van der Waals surface area contributed by atoms with Gasteiger partial charge in [0.15, 0.2) is 5.78 Å². The molecule has 0 aliphatic rings. The second-order valence-electron chi connectivity index (χ2n) is 3.37. The molecular weight excluding hydrogens is 254 g/mol. The van der Waals surface area contributed by atoms with Crippen LogP contribution in [-0.2, 0) is 0 Å². The predicted octanol–water partition coefficient (Wildman–Crippen LogP) is 3.71. The summed E-state index contributed by atoms with van der Waals surface area (Å²) < 4.78 is 0. The third-order valence-electron chi connectivity index (χ3n) is 2.17. The fraction of sp³-hybridized carbons (Fsp3) is 0.0769. The average molecular weight is 264 g/mol. The highest BCUT2D eigenvalue weighted by Gasteiger charge is 2.10. The van der Waals surface area contributed by atoms with Crippen molar-refractivity contribution in [2.75, 3.05) is 5.75 Å². The van der Waals surface area contributed by atoms with Gasteiger partial charge in [-0.25, -0.2) is 4.98 Å². The molecule has 4 heteroatoms. The van der Waals surface area contributed by atoms with Crippen LogP contribution in [0.2, 0.25) is 5.15 Å². The molecule has 1 aromatic heterocycles. The summed E-state index contributed by atoms with van der Waals surface area (Å²) in [6, 6.07) is 13.2. The second-order valence-corrected chi connectivity index (χ2v) is 4.77. The van der Waals surface area contributed by atoms with Crippen molar-refractivity contribution >= 4 is 29.1 Å². The lowest BCUT2D eigenvalue weighted by Crippen LogP contribution is -2.03. The molecule has 0 amide bonds. The van der Waals surface area contributed by atoms with Crippen molar-refractivity contribution in [3.63, 3.8) is 0 Å². The number of nitrogens with zero attached hydrogens (tertiary/aromatic N) is 1. The van der Waals surface area contributed by atoms with E-state index in [1.165, 1.54) is 11.8 Å². The fourth-order valence-corrected chi connectivity index (χ4v) is 2.36. The number of rotatable bonds is 4. The van der Waals surface area contributed by atoms with Crippen molar-refractivity contribution in [1.82, 2.24) is 4.98 Å². The largest absolute Gasteiger partial charge is 0.293 e. The van der Waals surface area contributed by atoms with Gasteiger partial charge in [0.2, 0.25) is 0 Å². The Morgan fingerprint density at radius 2 is 1.94 bits per heavy atom. The van der Waals surface area contributed by atoms with Crippen LogP contribution in [0.3, 0.4) is 0 Å². The SMILES string of the molecule is O=C(CSc1ccccc1)c1cccnc1Cl. The van der Waals surface area contributed by atoms with Gasteiger partial charge < -0.3 is 0 Å². The Balaban J connectivity index is 2.01. The quantitative estimate of drug-likeness (QED) is 0.479. The smallest absolute Gasteiger partial charge is 0.176 e. The number of pyridine rings is 1. The summed E-state index contributed by atoms with van der Waals surface area (Å²) in [4.78, 5) is 16.9. The molecule has 86 valence electrons. The van der Waals surface area contributed by atoms with Crippen molar-refractivity contribution < 1.29 is 4.79 Å². The topological polar surface area (TPSA) is 30.0 Å². The standard InChI is InChI=1S/C13H10ClNOS/c14-13-11(7-4-8-15-13)12(16)9-17-10-5-2-1-3-6-10/h1-8H,9H2. The van der Waals surface area contributed by atoms with Crippen molar-refractivity contribution in [3.05, 3.63) is 59.4 Å². The Kier molecular flexibility index (Phi) is 4.18. The van der Waals surface area contributed by atoms with E-state index in [0.29, 0.717) is 11.3 Å². The molecule has 0 saturated carbocycles. The van der Waals surface area contributed by atoms with Crippen LogP contribution < -0.4 is 0 Å². The molecule has 2 nitrogen and oxygen atoms in total. The number of hydrogen-bond donors (Lipinski definition) is 0. The zero-order valence-electron chi connectivity index (χ0n) is 8.97. The molecular formula is C13H10ClNOS. The predicted molar refractivity (Wildman–Crippen MR) is 70.7 cm³/mol. The van der Waals surface area contributed by atoms with Gasteiger partial charge in [0.25, 0.3) is 0 Å². The minimum Gasteiger partial charge on any atom is -0.293 e. The molecule has 0 atom stereocenters. The van der Waals surface area contributed by atoms with Gasteiger partial charge in [-0.3, -0.25) is 4.79 Å². The van der Waals surface area contributed by atoms with E-state index in [1.54, 1.807) is 18.3 Å². The highest BCUT2D eigenvalue weighted by molar-refractivity contribution is 8.00. The van der Waals surface area contributed by atoms with Crippen molar-refractivity contribution in [2.24, 2.45) is 0 Å². The maximum Gasteiger partial charge on any atom is 0.176 e. The van der Waals surface area contributed by atoms with E-state index < -0.39 is 0 Å². The van der Waals surface area contributed by atoms with Gasteiger partial charge in [-0.1, -0.05) is 29.8 Å². The van der Waals surface area contributed by atoms with Gasteiger partial charge in [0, 0.05) is 11.1 Å². The van der Waals surface area contributed by atoms with Crippen LogP contribution in [0.4, 0.5) is 0 Å². The summed E-state index contributed by atoms with van der Waals surface area (Å²) in [5.41, 5.74) is 0.484. The molecule has 17 heavy (non-hydrogen) atoms. The Morgan fingerprint density at radius 1 is 1.18 bits per heavy atom. The Labute approximate surface area is 109 Å². The maximum atomic E-state index is 11.9. The first-order valence-corrected chi connectivity index (χ1v) is 6.45. The number of carbonyl (C=O) groups is 1. The summed E-state index contributed by atoms with van der Waals surface area (Å²) >= 11 is 7.36. The van der Waals surface area contributed by atoms with E-state index in [-0.39, 0.29) is 10.9 Å². The van der Waals surface area contributed by atoms with Crippen LogP contribution in [0.15, 0.2) is 53.6 Å². The zero-order chi connectivity index (χ0) is 12.1. The third kappa shape index (κ3) is 3.32. The summed E-state index contributed by atoms with van der Waals surface area (Å²) in [5, 5.41) is 0.270. The van der Waals surface area contributed by atoms with Gasteiger partial charge >= 0.3 is 0 Å². The van der Waals surface area contributed by atoms with E-state index in [9.17, 15) is 4.79 Å². The molecule has 0 aliphatic heterocycles. The van der Waals surface area contributed by atoms with Gasteiger partial charge in [0.05, 0.1) is 11.3 Å². The first-order chi connectivity index (χ1) is 8.27. The average Bonchev–Trinajstić information content (AvgIpc) is 2.38. The molecule has 0 spiro atoms. The van der Waals surface area contributed by atoms with Crippen LogP contribution >= 0.6 is 23.4 Å². The molecule has 1 aromatic carbocycles. The highest BCUT2D eigenvalue weighted by atomic mass is 35.5. The van der Waals surface area contributed by atoms with E-state index >= 15 is 0 Å². The lowest BCUT2D eigenvalue weighted by atomic mass is 10.2. The Bertz CT molecular complexity index is 516. The van der Waals surface area contributed by atoms with Crippen LogP contribution in [0.5, 0.6) is 0 Å². The highest BCUT2D eigenvalue weighted by Crippen LogP contribution is 2.20. The molecule has 2 aromatic rings. The second kappa shape index (κ2) is 5.84. The van der Waals surface area contributed by atoms with E-state index in [4.69, 9.17) is 11.6 Å². The zero-order valence-corrected chi connectivity index (χ0v) is 10.5. The molecule has 0 N–H and O–H groups in total. The number of Topliss-reactive ketones (excluding diaryl/α,β-unsaturated/α-hetero) is 1. The lowest BCUT2D eigenvalue weighted by Gasteiger charge is -2.02. The van der Waals surface area contributed by atoms with Crippen molar-refractivity contribution in [2.45, 2.75) is 4.90 Å². The Hall–Kier alpha value is -1.32. The molecule has 1 heterocycles. The normalized spacial score (nSPS) is 10.2. The maximum absolute atomic E-state index is 11.9. The molecule has 0 radical (unpaired) electrons. The lowest BCUT2D eigenvalue weighted by molar-refractivity contribution is 0.102. The monoisotopic (exact) mass is 263 g/mol. The first kappa shape index (κ1) is 12.1. The minimum atomic E-state index is -0.00282.